The van der Waals surface area contributed by atoms with E-state index < -0.39 is 5.97 Å². The second kappa shape index (κ2) is 6.65. The summed E-state index contributed by atoms with van der Waals surface area (Å²) in [6, 6.07) is 3.62. The van der Waals surface area contributed by atoms with Crippen molar-refractivity contribution in [2.45, 2.75) is 6.54 Å². The SMILES string of the molecule is C=CCN(CC(=O)O)Cc1ccc(OC)nc1. The maximum absolute atomic E-state index is 10.7. The lowest BCUT2D eigenvalue weighted by molar-refractivity contribution is -0.138. The highest BCUT2D eigenvalue weighted by molar-refractivity contribution is 5.69. The number of aromatic nitrogens is 1. The molecular formula is C12H16N2O3. The van der Waals surface area contributed by atoms with Crippen LogP contribution in [0.5, 0.6) is 5.88 Å². The van der Waals surface area contributed by atoms with Crippen LogP contribution in [0, 0.1) is 0 Å². The van der Waals surface area contributed by atoms with Crippen molar-refractivity contribution < 1.29 is 14.6 Å². The maximum Gasteiger partial charge on any atom is 0.317 e. The summed E-state index contributed by atoms with van der Waals surface area (Å²) >= 11 is 0. The van der Waals surface area contributed by atoms with E-state index in [4.69, 9.17) is 9.84 Å². The molecule has 17 heavy (non-hydrogen) atoms. The molecule has 1 heterocycles. The van der Waals surface area contributed by atoms with Gasteiger partial charge in [-0.2, -0.15) is 0 Å². The Morgan fingerprint density at radius 3 is 2.88 bits per heavy atom. The third-order valence-electron chi connectivity index (χ3n) is 2.16. The standard InChI is InChI=1S/C12H16N2O3/c1-3-6-14(9-12(15)16)8-10-4-5-11(17-2)13-7-10/h3-5,7H,1,6,8-9H2,2H3,(H,15,16). The van der Waals surface area contributed by atoms with Gasteiger partial charge in [0.1, 0.15) is 0 Å². The number of carbonyl (C=O) groups is 1. The number of hydrogen-bond acceptors (Lipinski definition) is 4. The van der Waals surface area contributed by atoms with E-state index in [2.05, 4.69) is 11.6 Å². The highest BCUT2D eigenvalue weighted by Gasteiger charge is 2.08. The molecule has 0 atom stereocenters. The van der Waals surface area contributed by atoms with E-state index in [0.29, 0.717) is 19.0 Å². The number of carboxylic acids is 1. The highest BCUT2D eigenvalue weighted by Crippen LogP contribution is 2.09. The molecule has 0 saturated heterocycles. The van der Waals surface area contributed by atoms with Crippen molar-refractivity contribution in [3.8, 4) is 5.88 Å². The minimum atomic E-state index is -0.853. The first-order chi connectivity index (χ1) is 8.15. The van der Waals surface area contributed by atoms with Crippen molar-refractivity contribution in [3.05, 3.63) is 36.5 Å². The number of aliphatic carboxylic acids is 1. The topological polar surface area (TPSA) is 62.7 Å². The Balaban J connectivity index is 2.64. The minimum Gasteiger partial charge on any atom is -0.481 e. The molecule has 0 aliphatic carbocycles. The van der Waals surface area contributed by atoms with Gasteiger partial charge in [0.25, 0.3) is 0 Å². The molecule has 1 aromatic rings. The van der Waals surface area contributed by atoms with Crippen molar-refractivity contribution >= 4 is 5.97 Å². The maximum atomic E-state index is 10.7. The van der Waals surface area contributed by atoms with Crippen molar-refractivity contribution in [2.24, 2.45) is 0 Å². The molecule has 0 fully saturated rings. The smallest absolute Gasteiger partial charge is 0.317 e. The molecule has 0 aromatic carbocycles. The molecule has 0 amide bonds. The molecular weight excluding hydrogens is 220 g/mol. The Morgan fingerprint density at radius 1 is 1.65 bits per heavy atom. The van der Waals surface area contributed by atoms with Gasteiger partial charge in [-0.3, -0.25) is 9.69 Å². The van der Waals surface area contributed by atoms with Gasteiger partial charge in [0, 0.05) is 25.4 Å². The largest absolute Gasteiger partial charge is 0.481 e. The number of ether oxygens (including phenoxy) is 1. The van der Waals surface area contributed by atoms with Crippen LogP contribution in [-0.2, 0) is 11.3 Å². The van der Waals surface area contributed by atoms with Crippen molar-refractivity contribution in [2.75, 3.05) is 20.2 Å². The van der Waals surface area contributed by atoms with Crippen molar-refractivity contribution in [3.63, 3.8) is 0 Å². The number of hydrogen-bond donors (Lipinski definition) is 1. The van der Waals surface area contributed by atoms with E-state index in [0.717, 1.165) is 5.56 Å². The molecule has 0 aliphatic rings. The van der Waals surface area contributed by atoms with Crippen LogP contribution in [0.25, 0.3) is 0 Å². The van der Waals surface area contributed by atoms with E-state index in [1.54, 1.807) is 30.3 Å². The number of rotatable bonds is 7. The lowest BCUT2D eigenvalue weighted by Gasteiger charge is -2.18. The van der Waals surface area contributed by atoms with Crippen LogP contribution in [0.4, 0.5) is 0 Å². The number of nitrogens with zero attached hydrogens (tertiary/aromatic N) is 2. The zero-order chi connectivity index (χ0) is 12.7. The third kappa shape index (κ3) is 4.65. The zero-order valence-corrected chi connectivity index (χ0v) is 9.80. The average molecular weight is 236 g/mol. The van der Waals surface area contributed by atoms with E-state index in [9.17, 15) is 4.79 Å². The van der Waals surface area contributed by atoms with Crippen LogP contribution < -0.4 is 4.74 Å². The van der Waals surface area contributed by atoms with Crippen LogP contribution in [0.2, 0.25) is 0 Å². The summed E-state index contributed by atoms with van der Waals surface area (Å²) in [5.74, 6) is -0.310. The average Bonchev–Trinajstić information content (AvgIpc) is 2.29. The molecule has 0 spiro atoms. The van der Waals surface area contributed by atoms with Crippen LogP contribution in [0.3, 0.4) is 0 Å². The van der Waals surface area contributed by atoms with Gasteiger partial charge in [-0.05, 0) is 5.56 Å². The zero-order valence-electron chi connectivity index (χ0n) is 9.80. The highest BCUT2D eigenvalue weighted by atomic mass is 16.5. The Bertz CT molecular complexity index is 376. The van der Waals surface area contributed by atoms with Crippen molar-refractivity contribution in [1.82, 2.24) is 9.88 Å². The van der Waals surface area contributed by atoms with E-state index in [-0.39, 0.29) is 6.54 Å². The monoisotopic (exact) mass is 236 g/mol. The lowest BCUT2D eigenvalue weighted by atomic mass is 10.2. The van der Waals surface area contributed by atoms with E-state index >= 15 is 0 Å². The van der Waals surface area contributed by atoms with E-state index in [1.807, 2.05) is 6.07 Å². The van der Waals surface area contributed by atoms with Gasteiger partial charge in [0.15, 0.2) is 0 Å². The lowest BCUT2D eigenvalue weighted by Crippen LogP contribution is -2.29. The predicted octanol–water partition coefficient (Wildman–Crippen LogP) is 1.16. The number of pyridine rings is 1. The van der Waals surface area contributed by atoms with Crippen LogP contribution in [-0.4, -0.2) is 41.2 Å². The van der Waals surface area contributed by atoms with Gasteiger partial charge < -0.3 is 9.84 Å². The quantitative estimate of drug-likeness (QED) is 0.720. The van der Waals surface area contributed by atoms with Crippen LogP contribution >= 0.6 is 0 Å². The predicted molar refractivity (Wildman–Crippen MR) is 63.9 cm³/mol. The summed E-state index contributed by atoms with van der Waals surface area (Å²) in [6.45, 7) is 4.64. The summed E-state index contributed by atoms with van der Waals surface area (Å²) in [5, 5.41) is 8.76. The number of carboxylic acid groups (broad SMARTS) is 1. The molecule has 5 nitrogen and oxygen atoms in total. The normalized spacial score (nSPS) is 10.2. The fourth-order valence-corrected chi connectivity index (χ4v) is 1.44. The van der Waals surface area contributed by atoms with Gasteiger partial charge in [-0.1, -0.05) is 12.1 Å². The number of methoxy groups -OCH3 is 1. The molecule has 5 heteroatoms. The Labute approximate surface area is 100 Å². The van der Waals surface area contributed by atoms with E-state index in [1.165, 1.54) is 0 Å². The summed E-state index contributed by atoms with van der Waals surface area (Å²) < 4.78 is 4.95. The minimum absolute atomic E-state index is 0.0158. The first kappa shape index (κ1) is 13.2. The third-order valence-corrected chi connectivity index (χ3v) is 2.16. The molecule has 0 saturated carbocycles. The molecule has 1 aromatic heterocycles. The fraction of sp³-hybridized carbons (Fsp3) is 0.333. The second-order valence-corrected chi connectivity index (χ2v) is 3.56. The van der Waals surface area contributed by atoms with Crippen LogP contribution in [0.15, 0.2) is 31.0 Å². The first-order valence-electron chi connectivity index (χ1n) is 5.19. The molecule has 0 unspecified atom stereocenters. The molecule has 0 bridgehead atoms. The summed E-state index contributed by atoms with van der Waals surface area (Å²) in [5.41, 5.74) is 0.939. The Hall–Kier alpha value is -1.88. The van der Waals surface area contributed by atoms with Gasteiger partial charge in [-0.15, -0.1) is 6.58 Å². The summed E-state index contributed by atoms with van der Waals surface area (Å²) in [4.78, 5) is 16.5. The summed E-state index contributed by atoms with van der Waals surface area (Å²) in [6.07, 6.45) is 3.36. The Kier molecular flexibility index (Phi) is 5.16. The van der Waals surface area contributed by atoms with Crippen LogP contribution in [0.1, 0.15) is 5.56 Å². The Morgan fingerprint density at radius 2 is 2.41 bits per heavy atom. The molecule has 0 aliphatic heterocycles. The van der Waals surface area contributed by atoms with Crippen molar-refractivity contribution in [1.29, 1.82) is 0 Å². The molecule has 1 N–H and O–H groups in total. The fourth-order valence-electron chi connectivity index (χ4n) is 1.44. The summed E-state index contributed by atoms with van der Waals surface area (Å²) in [7, 11) is 1.55. The first-order valence-corrected chi connectivity index (χ1v) is 5.19. The second-order valence-electron chi connectivity index (χ2n) is 3.56. The van der Waals surface area contributed by atoms with Gasteiger partial charge >= 0.3 is 5.97 Å². The molecule has 1 rings (SSSR count). The molecule has 0 radical (unpaired) electrons. The van der Waals surface area contributed by atoms with Gasteiger partial charge in [0.2, 0.25) is 5.88 Å². The molecule has 92 valence electrons. The van der Waals surface area contributed by atoms with Gasteiger partial charge in [0.05, 0.1) is 13.7 Å². The van der Waals surface area contributed by atoms with Gasteiger partial charge in [-0.25, -0.2) is 4.98 Å².